The Bertz CT molecular complexity index is 685. The molecule has 1 heterocycles. The average molecular weight is 341 g/mol. The summed E-state index contributed by atoms with van der Waals surface area (Å²) in [5.74, 6) is 1.05. The van der Waals surface area contributed by atoms with E-state index in [9.17, 15) is 9.59 Å². The summed E-state index contributed by atoms with van der Waals surface area (Å²) in [5.41, 5.74) is 6.16. The zero-order valence-electron chi connectivity index (χ0n) is 15.1. The van der Waals surface area contributed by atoms with Gasteiger partial charge in [0.05, 0.1) is 0 Å². The van der Waals surface area contributed by atoms with Crippen molar-refractivity contribution in [2.45, 2.75) is 51.0 Å². The molecular weight excluding hydrogens is 314 g/mol. The van der Waals surface area contributed by atoms with Gasteiger partial charge >= 0.3 is 0 Å². The van der Waals surface area contributed by atoms with Crippen molar-refractivity contribution in [2.24, 2.45) is 22.6 Å². The third-order valence-electron chi connectivity index (χ3n) is 5.77. The van der Waals surface area contributed by atoms with Crippen molar-refractivity contribution < 1.29 is 9.59 Å². The second-order valence-corrected chi connectivity index (χ2v) is 7.62. The lowest BCUT2D eigenvalue weighted by atomic mass is 9.70. The van der Waals surface area contributed by atoms with Gasteiger partial charge in [-0.3, -0.25) is 14.5 Å². The molecule has 1 fully saturated rings. The van der Waals surface area contributed by atoms with Gasteiger partial charge in [-0.1, -0.05) is 43.2 Å². The average Bonchev–Trinajstić information content (AvgIpc) is 2.80. The molecular formula is C20H27N3O2. The minimum absolute atomic E-state index is 0.0220. The molecule has 0 radical (unpaired) electrons. The van der Waals surface area contributed by atoms with Gasteiger partial charge in [0.25, 0.3) is 5.91 Å². The highest BCUT2D eigenvalue weighted by Crippen LogP contribution is 2.41. The first-order valence-corrected chi connectivity index (χ1v) is 9.09. The Morgan fingerprint density at radius 2 is 2.04 bits per heavy atom. The van der Waals surface area contributed by atoms with Crippen molar-refractivity contribution in [1.29, 1.82) is 0 Å². The smallest absolute Gasteiger partial charge is 0.257 e. The summed E-state index contributed by atoms with van der Waals surface area (Å²) < 4.78 is 0. The molecule has 1 aromatic rings. The fraction of sp³-hybridized carbons (Fsp3) is 0.550. The first-order valence-electron chi connectivity index (χ1n) is 9.09. The number of guanidine groups is 1. The molecule has 3 atom stereocenters. The van der Waals surface area contributed by atoms with Crippen molar-refractivity contribution >= 4 is 17.6 Å². The van der Waals surface area contributed by atoms with Crippen LogP contribution >= 0.6 is 0 Å². The van der Waals surface area contributed by atoms with Crippen LogP contribution in [0.2, 0.25) is 0 Å². The van der Waals surface area contributed by atoms with Crippen LogP contribution in [0.4, 0.5) is 0 Å². The zero-order chi connectivity index (χ0) is 18.0. The number of likely N-dealkylation sites (N-methyl/N-ethyl adjacent to an activating group) is 1. The van der Waals surface area contributed by atoms with Gasteiger partial charge < -0.3 is 5.73 Å². The normalized spacial score (nSPS) is 29.6. The predicted octanol–water partition coefficient (Wildman–Crippen LogP) is 2.54. The van der Waals surface area contributed by atoms with Crippen molar-refractivity contribution in [3.63, 3.8) is 0 Å². The maximum absolute atomic E-state index is 12.6. The van der Waals surface area contributed by atoms with Crippen LogP contribution < -0.4 is 5.73 Å². The number of aliphatic imine (C=N–C) groups is 1. The molecule has 1 aliphatic heterocycles. The number of ketones is 1. The zero-order valence-corrected chi connectivity index (χ0v) is 15.1. The summed E-state index contributed by atoms with van der Waals surface area (Å²) in [5, 5.41) is 0. The molecule has 1 saturated carbocycles. The molecule has 0 bridgehead atoms. The fourth-order valence-corrected chi connectivity index (χ4v) is 4.27. The molecule has 5 heteroatoms. The third-order valence-corrected chi connectivity index (χ3v) is 5.77. The van der Waals surface area contributed by atoms with E-state index >= 15 is 0 Å². The van der Waals surface area contributed by atoms with Crippen LogP contribution in [0.25, 0.3) is 0 Å². The summed E-state index contributed by atoms with van der Waals surface area (Å²) in [6, 6.07) is 9.87. The molecule has 0 aromatic heterocycles. The number of Topliss-reactive ketones (excluding diaryl/α,β-unsaturated/α-hetero) is 1. The van der Waals surface area contributed by atoms with E-state index in [0.717, 1.165) is 31.2 Å². The number of nitrogens with two attached hydrogens (primary N) is 1. The molecule has 1 aliphatic carbocycles. The maximum atomic E-state index is 12.6. The van der Waals surface area contributed by atoms with Crippen molar-refractivity contribution in [1.82, 2.24) is 4.90 Å². The SMILES string of the molecule is CN1C(=O)C(C)(C2CCCC(CC(=O)Cc3ccccc3)C2)N=C1N. The summed E-state index contributed by atoms with van der Waals surface area (Å²) in [7, 11) is 1.68. The van der Waals surface area contributed by atoms with E-state index in [1.165, 1.54) is 4.90 Å². The Hall–Kier alpha value is -2.17. The van der Waals surface area contributed by atoms with Crippen LogP contribution in [-0.4, -0.2) is 35.1 Å². The Kier molecular flexibility index (Phi) is 4.93. The Balaban J connectivity index is 1.62. The largest absolute Gasteiger partial charge is 0.369 e. The van der Waals surface area contributed by atoms with Gasteiger partial charge in [-0.25, -0.2) is 4.99 Å². The van der Waals surface area contributed by atoms with Gasteiger partial charge in [0.15, 0.2) is 5.96 Å². The molecule has 2 aliphatic rings. The molecule has 3 unspecified atom stereocenters. The Morgan fingerprint density at radius 1 is 1.32 bits per heavy atom. The predicted molar refractivity (Wildman–Crippen MR) is 98.0 cm³/mol. The van der Waals surface area contributed by atoms with Crippen LogP contribution in [0.15, 0.2) is 35.3 Å². The Morgan fingerprint density at radius 3 is 2.68 bits per heavy atom. The Labute approximate surface area is 149 Å². The maximum Gasteiger partial charge on any atom is 0.257 e. The molecule has 0 saturated heterocycles. The summed E-state index contributed by atoms with van der Waals surface area (Å²) in [6.45, 7) is 1.89. The molecule has 3 rings (SSSR count). The van der Waals surface area contributed by atoms with Crippen LogP contribution in [0.1, 0.15) is 44.6 Å². The lowest BCUT2D eigenvalue weighted by molar-refractivity contribution is -0.132. The van der Waals surface area contributed by atoms with Gasteiger partial charge in [0.2, 0.25) is 0 Å². The van der Waals surface area contributed by atoms with E-state index in [4.69, 9.17) is 5.73 Å². The molecule has 25 heavy (non-hydrogen) atoms. The van der Waals surface area contributed by atoms with E-state index < -0.39 is 5.54 Å². The number of rotatable bonds is 5. The van der Waals surface area contributed by atoms with E-state index in [1.807, 2.05) is 37.3 Å². The number of benzene rings is 1. The standard InChI is InChI=1S/C20H27N3O2/c1-20(18(25)23(2)19(21)22-20)16-10-6-9-15(11-16)13-17(24)12-14-7-4-3-5-8-14/h3-5,7-8,15-16H,6,9-13H2,1-2H3,(H2,21,22). The summed E-state index contributed by atoms with van der Waals surface area (Å²) >= 11 is 0. The number of hydrogen-bond donors (Lipinski definition) is 1. The van der Waals surface area contributed by atoms with Gasteiger partial charge in [-0.15, -0.1) is 0 Å². The van der Waals surface area contributed by atoms with E-state index in [0.29, 0.717) is 24.7 Å². The first kappa shape index (κ1) is 17.6. The van der Waals surface area contributed by atoms with Gasteiger partial charge in [0.1, 0.15) is 11.3 Å². The third kappa shape index (κ3) is 3.60. The van der Waals surface area contributed by atoms with E-state index in [1.54, 1.807) is 7.05 Å². The minimum Gasteiger partial charge on any atom is -0.369 e. The number of carbonyl (C=O) groups is 2. The van der Waals surface area contributed by atoms with E-state index in [2.05, 4.69) is 4.99 Å². The molecule has 1 aromatic carbocycles. The van der Waals surface area contributed by atoms with Gasteiger partial charge in [0, 0.05) is 19.9 Å². The van der Waals surface area contributed by atoms with Crippen molar-refractivity contribution in [2.75, 3.05) is 7.05 Å². The molecule has 5 nitrogen and oxygen atoms in total. The van der Waals surface area contributed by atoms with Crippen LogP contribution in [0.5, 0.6) is 0 Å². The van der Waals surface area contributed by atoms with Gasteiger partial charge in [-0.2, -0.15) is 0 Å². The highest BCUT2D eigenvalue weighted by molar-refractivity contribution is 6.06. The fourth-order valence-electron chi connectivity index (χ4n) is 4.27. The monoisotopic (exact) mass is 341 g/mol. The lowest BCUT2D eigenvalue weighted by Gasteiger charge is -2.36. The van der Waals surface area contributed by atoms with Crippen LogP contribution in [0.3, 0.4) is 0 Å². The first-order chi connectivity index (χ1) is 11.9. The number of amides is 1. The lowest BCUT2D eigenvalue weighted by Crippen LogP contribution is -2.46. The second kappa shape index (κ2) is 6.98. The molecule has 2 N–H and O–H groups in total. The number of hydrogen-bond acceptors (Lipinski definition) is 4. The van der Waals surface area contributed by atoms with Crippen molar-refractivity contribution in [3.8, 4) is 0 Å². The van der Waals surface area contributed by atoms with Crippen LogP contribution in [0, 0.1) is 11.8 Å². The summed E-state index contributed by atoms with van der Waals surface area (Å²) in [4.78, 5) is 30.9. The highest BCUT2D eigenvalue weighted by Gasteiger charge is 2.49. The number of nitrogens with zero attached hydrogens (tertiary/aromatic N) is 2. The van der Waals surface area contributed by atoms with Crippen LogP contribution in [-0.2, 0) is 16.0 Å². The topological polar surface area (TPSA) is 75.8 Å². The van der Waals surface area contributed by atoms with Gasteiger partial charge in [-0.05, 0) is 37.2 Å². The molecule has 0 spiro atoms. The number of carbonyl (C=O) groups excluding carboxylic acids is 2. The van der Waals surface area contributed by atoms with E-state index in [-0.39, 0.29) is 17.6 Å². The minimum atomic E-state index is -0.764. The summed E-state index contributed by atoms with van der Waals surface area (Å²) in [6.07, 6.45) is 5.01. The second-order valence-electron chi connectivity index (χ2n) is 7.62. The molecule has 134 valence electrons. The quantitative estimate of drug-likeness (QED) is 0.894. The molecule has 1 amide bonds. The van der Waals surface area contributed by atoms with Crippen molar-refractivity contribution in [3.05, 3.63) is 35.9 Å². The highest BCUT2D eigenvalue weighted by atomic mass is 16.2.